The summed E-state index contributed by atoms with van der Waals surface area (Å²) in [4.78, 5) is 22.4. The van der Waals surface area contributed by atoms with Crippen LogP contribution in [0.5, 0.6) is 11.5 Å². The van der Waals surface area contributed by atoms with Gasteiger partial charge in [0.2, 0.25) is 5.91 Å². The number of methoxy groups -OCH3 is 1. The van der Waals surface area contributed by atoms with E-state index in [4.69, 9.17) is 9.47 Å². The summed E-state index contributed by atoms with van der Waals surface area (Å²) >= 11 is 0. The van der Waals surface area contributed by atoms with Crippen molar-refractivity contribution in [1.82, 2.24) is 0 Å². The Hall–Kier alpha value is -3.35. The maximum absolute atomic E-state index is 12.2. The predicted molar refractivity (Wildman–Crippen MR) is 104 cm³/mol. The number of unbranched alkanes of at least 4 members (excludes halogenated alkanes) is 1. The standard InChI is InChI=1S/C20H22N2O5/c1-3-4-13-27-19-11-10-17(26-2)14-18(19)21-20(23)12-7-15-5-8-16(9-6-15)22(24)25/h5-12,14H,3-4,13H2,1-2H3,(H,21,23)/b12-7+. The number of nitro groups is 1. The van der Waals surface area contributed by atoms with Crippen molar-refractivity contribution in [2.24, 2.45) is 0 Å². The molecule has 0 unspecified atom stereocenters. The number of hydrogen-bond acceptors (Lipinski definition) is 5. The molecule has 0 spiro atoms. The van der Waals surface area contributed by atoms with Gasteiger partial charge in [-0.05, 0) is 42.3 Å². The largest absolute Gasteiger partial charge is 0.497 e. The molecular weight excluding hydrogens is 348 g/mol. The van der Waals surface area contributed by atoms with E-state index >= 15 is 0 Å². The number of nitrogens with one attached hydrogen (secondary N) is 1. The fraction of sp³-hybridized carbons (Fsp3) is 0.250. The Kier molecular flexibility index (Phi) is 7.37. The molecule has 0 heterocycles. The summed E-state index contributed by atoms with van der Waals surface area (Å²) in [6.45, 7) is 2.63. The van der Waals surface area contributed by atoms with Crippen molar-refractivity contribution >= 4 is 23.4 Å². The number of non-ortho nitro benzene ring substituents is 1. The van der Waals surface area contributed by atoms with Crippen LogP contribution in [0.3, 0.4) is 0 Å². The molecule has 0 aliphatic rings. The van der Waals surface area contributed by atoms with E-state index in [1.54, 1.807) is 43.5 Å². The normalized spacial score (nSPS) is 10.6. The molecule has 7 heteroatoms. The number of carbonyl (C=O) groups excluding carboxylic acids is 1. The highest BCUT2D eigenvalue weighted by Gasteiger charge is 2.09. The fourth-order valence-electron chi connectivity index (χ4n) is 2.24. The number of ether oxygens (including phenoxy) is 2. The van der Waals surface area contributed by atoms with Crippen LogP contribution >= 0.6 is 0 Å². The van der Waals surface area contributed by atoms with Gasteiger partial charge in [-0.1, -0.05) is 13.3 Å². The van der Waals surface area contributed by atoms with Gasteiger partial charge in [0.15, 0.2) is 0 Å². The number of amides is 1. The molecule has 0 radical (unpaired) electrons. The molecule has 1 N–H and O–H groups in total. The van der Waals surface area contributed by atoms with E-state index in [9.17, 15) is 14.9 Å². The fourth-order valence-corrected chi connectivity index (χ4v) is 2.24. The van der Waals surface area contributed by atoms with Crippen LogP contribution in [0.15, 0.2) is 48.5 Å². The van der Waals surface area contributed by atoms with Crippen LogP contribution in [0.1, 0.15) is 25.3 Å². The molecule has 0 aromatic heterocycles. The van der Waals surface area contributed by atoms with Gasteiger partial charge >= 0.3 is 0 Å². The van der Waals surface area contributed by atoms with E-state index in [1.165, 1.54) is 18.2 Å². The Morgan fingerprint density at radius 3 is 2.59 bits per heavy atom. The van der Waals surface area contributed by atoms with Crippen LogP contribution in [0.25, 0.3) is 6.08 Å². The zero-order chi connectivity index (χ0) is 19.6. The third-order valence-corrected chi connectivity index (χ3v) is 3.73. The van der Waals surface area contributed by atoms with Gasteiger partial charge in [-0.3, -0.25) is 14.9 Å². The van der Waals surface area contributed by atoms with Crippen molar-refractivity contribution in [3.63, 3.8) is 0 Å². The van der Waals surface area contributed by atoms with Gasteiger partial charge < -0.3 is 14.8 Å². The zero-order valence-electron chi connectivity index (χ0n) is 15.3. The van der Waals surface area contributed by atoms with Gasteiger partial charge in [-0.2, -0.15) is 0 Å². The van der Waals surface area contributed by atoms with E-state index in [0.29, 0.717) is 29.4 Å². The summed E-state index contributed by atoms with van der Waals surface area (Å²) in [5.74, 6) is 0.829. The lowest BCUT2D eigenvalue weighted by Crippen LogP contribution is -2.10. The number of rotatable bonds is 9. The maximum atomic E-state index is 12.2. The van der Waals surface area contributed by atoms with Gasteiger partial charge in [0.25, 0.3) is 5.69 Å². The third-order valence-electron chi connectivity index (χ3n) is 3.73. The number of hydrogen-bond donors (Lipinski definition) is 1. The first-order chi connectivity index (χ1) is 13.0. The second-order valence-corrected chi connectivity index (χ2v) is 5.74. The summed E-state index contributed by atoms with van der Waals surface area (Å²) in [5.41, 5.74) is 1.20. The Morgan fingerprint density at radius 1 is 1.22 bits per heavy atom. The minimum absolute atomic E-state index is 0.00171. The molecule has 27 heavy (non-hydrogen) atoms. The summed E-state index contributed by atoms with van der Waals surface area (Å²) in [6.07, 6.45) is 4.86. The van der Waals surface area contributed by atoms with E-state index in [2.05, 4.69) is 12.2 Å². The number of benzene rings is 2. The Bertz CT molecular complexity index is 816. The molecule has 142 valence electrons. The van der Waals surface area contributed by atoms with Crippen molar-refractivity contribution in [3.05, 3.63) is 64.2 Å². The van der Waals surface area contributed by atoms with Crippen molar-refractivity contribution in [1.29, 1.82) is 0 Å². The van der Waals surface area contributed by atoms with Gasteiger partial charge in [0, 0.05) is 24.3 Å². The molecule has 2 aromatic rings. The average molecular weight is 370 g/mol. The highest BCUT2D eigenvalue weighted by Crippen LogP contribution is 2.29. The predicted octanol–water partition coefficient (Wildman–Crippen LogP) is 4.43. The van der Waals surface area contributed by atoms with E-state index in [1.807, 2.05) is 0 Å². The van der Waals surface area contributed by atoms with Crippen molar-refractivity contribution < 1.29 is 19.2 Å². The first-order valence-electron chi connectivity index (χ1n) is 8.58. The Balaban J connectivity index is 2.07. The van der Waals surface area contributed by atoms with Crippen LogP contribution in [0.4, 0.5) is 11.4 Å². The van der Waals surface area contributed by atoms with E-state index < -0.39 is 4.92 Å². The van der Waals surface area contributed by atoms with Gasteiger partial charge in [0.05, 0.1) is 24.3 Å². The molecule has 0 bridgehead atoms. The first-order valence-corrected chi connectivity index (χ1v) is 8.58. The third kappa shape index (κ3) is 6.14. The molecule has 2 rings (SSSR count). The summed E-state index contributed by atoms with van der Waals surface area (Å²) < 4.78 is 10.9. The van der Waals surface area contributed by atoms with E-state index in [0.717, 1.165) is 12.8 Å². The lowest BCUT2D eigenvalue weighted by molar-refractivity contribution is -0.384. The first kappa shape index (κ1) is 20.0. The number of anilines is 1. The van der Waals surface area contributed by atoms with Crippen LogP contribution in [-0.4, -0.2) is 24.5 Å². The molecular formula is C20H22N2O5. The van der Waals surface area contributed by atoms with Gasteiger partial charge in [0.1, 0.15) is 11.5 Å². The Morgan fingerprint density at radius 2 is 1.96 bits per heavy atom. The lowest BCUT2D eigenvalue weighted by Gasteiger charge is -2.13. The SMILES string of the molecule is CCCCOc1ccc(OC)cc1NC(=O)/C=C/c1ccc([N+](=O)[O-])cc1. The molecule has 0 fully saturated rings. The Labute approximate surface area is 157 Å². The van der Waals surface area contributed by atoms with Crippen LogP contribution < -0.4 is 14.8 Å². The molecule has 2 aromatic carbocycles. The van der Waals surface area contributed by atoms with Gasteiger partial charge in [-0.15, -0.1) is 0 Å². The monoisotopic (exact) mass is 370 g/mol. The second kappa shape index (κ2) is 9.96. The average Bonchev–Trinajstić information content (AvgIpc) is 2.68. The zero-order valence-corrected chi connectivity index (χ0v) is 15.3. The minimum atomic E-state index is -0.469. The highest BCUT2D eigenvalue weighted by molar-refractivity contribution is 6.02. The van der Waals surface area contributed by atoms with E-state index in [-0.39, 0.29) is 11.6 Å². The molecule has 0 aliphatic heterocycles. The maximum Gasteiger partial charge on any atom is 0.269 e. The number of nitrogens with zero attached hydrogens (tertiary/aromatic N) is 1. The van der Waals surface area contributed by atoms with Crippen LogP contribution in [0.2, 0.25) is 0 Å². The van der Waals surface area contributed by atoms with Crippen LogP contribution in [0, 0.1) is 10.1 Å². The molecule has 7 nitrogen and oxygen atoms in total. The molecule has 0 saturated heterocycles. The van der Waals surface area contributed by atoms with Crippen molar-refractivity contribution in [2.75, 3.05) is 19.0 Å². The summed E-state index contributed by atoms with van der Waals surface area (Å²) in [6, 6.07) is 11.1. The topological polar surface area (TPSA) is 90.7 Å². The van der Waals surface area contributed by atoms with Crippen LogP contribution in [-0.2, 0) is 4.79 Å². The highest BCUT2D eigenvalue weighted by atomic mass is 16.6. The summed E-state index contributed by atoms with van der Waals surface area (Å²) in [5, 5.41) is 13.4. The molecule has 0 atom stereocenters. The molecule has 0 saturated carbocycles. The minimum Gasteiger partial charge on any atom is -0.497 e. The lowest BCUT2D eigenvalue weighted by atomic mass is 10.2. The molecule has 1 amide bonds. The number of carbonyl (C=O) groups is 1. The second-order valence-electron chi connectivity index (χ2n) is 5.74. The van der Waals surface area contributed by atoms with Crippen molar-refractivity contribution in [3.8, 4) is 11.5 Å². The smallest absolute Gasteiger partial charge is 0.269 e. The summed E-state index contributed by atoms with van der Waals surface area (Å²) in [7, 11) is 1.55. The molecule has 0 aliphatic carbocycles. The van der Waals surface area contributed by atoms with Crippen molar-refractivity contribution in [2.45, 2.75) is 19.8 Å². The van der Waals surface area contributed by atoms with Gasteiger partial charge in [-0.25, -0.2) is 0 Å². The quantitative estimate of drug-likeness (QED) is 0.305. The number of nitro benzene ring substituents is 1.